The minimum absolute atomic E-state index is 0.0457. The molecular weight excluding hydrogens is 538 g/mol. The van der Waals surface area contributed by atoms with Crippen LogP contribution in [0.2, 0.25) is 0 Å². The number of alkyl carbamates (subject to hydrolysis) is 1. The highest BCUT2D eigenvalue weighted by molar-refractivity contribution is 7.89. The molecule has 2 aliphatic heterocycles. The smallest absolute Gasteiger partial charge is 0.407 e. The number of ether oxygens (including phenoxy) is 3. The Labute approximate surface area is 235 Å². The van der Waals surface area contributed by atoms with Crippen LogP contribution in [0.1, 0.15) is 38.7 Å². The van der Waals surface area contributed by atoms with Crippen molar-refractivity contribution >= 4 is 21.8 Å². The van der Waals surface area contributed by atoms with Crippen LogP contribution in [-0.2, 0) is 35.5 Å². The first-order chi connectivity index (χ1) is 19.2. The minimum atomic E-state index is -4.20. The second kappa shape index (κ2) is 13.7. The molecule has 2 aromatic carbocycles. The van der Waals surface area contributed by atoms with Crippen LogP contribution in [-0.4, -0.2) is 74.5 Å². The average Bonchev–Trinajstić information content (AvgIpc) is 3.56. The summed E-state index contributed by atoms with van der Waals surface area (Å²) in [6.07, 6.45) is -1.26. The number of fused-ring (bicyclic) bond motifs is 1. The number of hydrogen-bond acceptors (Lipinski definition) is 9. The minimum Gasteiger partial charge on any atom is -0.443 e. The molecule has 0 bridgehead atoms. The van der Waals surface area contributed by atoms with Crippen LogP contribution in [0.4, 0.5) is 10.5 Å². The van der Waals surface area contributed by atoms with Crippen LogP contribution >= 0.6 is 0 Å². The fourth-order valence-electron chi connectivity index (χ4n) is 4.90. The Kier molecular flexibility index (Phi) is 10.4. The maximum atomic E-state index is 13.6. The molecule has 0 spiro atoms. The number of aliphatic hydroxyl groups is 1. The normalized spacial score (nSPS) is 22.3. The fourth-order valence-corrected chi connectivity index (χ4v) is 6.25. The molecule has 2 heterocycles. The number of carbonyl (C=O) groups is 1. The Morgan fingerprint density at radius 3 is 2.60 bits per heavy atom. The molecule has 5 atom stereocenters. The zero-order chi connectivity index (χ0) is 28.7. The number of hydroxylamine groups is 1. The molecule has 12 heteroatoms. The van der Waals surface area contributed by atoms with Crippen molar-refractivity contribution in [2.75, 3.05) is 25.5 Å². The lowest BCUT2D eigenvalue weighted by atomic mass is 10.0. The van der Waals surface area contributed by atoms with Crippen LogP contribution in [0.25, 0.3) is 0 Å². The highest BCUT2D eigenvalue weighted by Crippen LogP contribution is 2.33. The number of benzene rings is 2. The monoisotopic (exact) mass is 577 g/mol. The number of nitrogens with zero attached hydrogens (tertiary/aromatic N) is 1. The Morgan fingerprint density at radius 1 is 1.15 bits per heavy atom. The van der Waals surface area contributed by atoms with E-state index in [2.05, 4.69) is 5.32 Å². The van der Waals surface area contributed by atoms with Gasteiger partial charge in [0.25, 0.3) is 10.0 Å². The number of nitrogens with one attached hydrogen (secondary N) is 1. The van der Waals surface area contributed by atoms with Crippen molar-refractivity contribution in [1.29, 1.82) is 0 Å². The van der Waals surface area contributed by atoms with Crippen molar-refractivity contribution in [2.45, 2.75) is 75.1 Å². The van der Waals surface area contributed by atoms with Crippen molar-refractivity contribution in [3.8, 4) is 0 Å². The van der Waals surface area contributed by atoms with E-state index >= 15 is 0 Å². The molecule has 220 valence electrons. The van der Waals surface area contributed by atoms with Gasteiger partial charge in [0, 0.05) is 5.69 Å². The molecule has 4 N–H and O–H groups in total. The Hall–Kier alpha value is -2.74. The zero-order valence-corrected chi connectivity index (χ0v) is 23.7. The molecule has 0 aliphatic carbocycles. The van der Waals surface area contributed by atoms with E-state index in [0.29, 0.717) is 19.4 Å². The Bertz CT molecular complexity index is 1210. The van der Waals surface area contributed by atoms with Crippen LogP contribution in [0, 0.1) is 5.92 Å². The van der Waals surface area contributed by atoms with Crippen molar-refractivity contribution < 1.29 is 37.4 Å². The molecule has 2 saturated heterocycles. The van der Waals surface area contributed by atoms with E-state index < -0.39 is 47.0 Å². The molecule has 4 rings (SSSR count). The summed E-state index contributed by atoms with van der Waals surface area (Å²) in [7, 11) is -4.20. The first kappa shape index (κ1) is 30.2. The second-order valence-corrected chi connectivity index (χ2v) is 11.9. The highest BCUT2D eigenvalue weighted by atomic mass is 32.2. The van der Waals surface area contributed by atoms with E-state index in [0.717, 1.165) is 16.5 Å². The first-order valence-corrected chi connectivity index (χ1v) is 15.1. The average molecular weight is 578 g/mol. The summed E-state index contributed by atoms with van der Waals surface area (Å²) in [5.74, 6) is -0.0457. The molecule has 2 aromatic rings. The van der Waals surface area contributed by atoms with E-state index in [1.54, 1.807) is 6.07 Å². The molecule has 2 aliphatic rings. The van der Waals surface area contributed by atoms with E-state index in [1.165, 1.54) is 18.2 Å². The van der Waals surface area contributed by atoms with E-state index in [1.807, 2.05) is 44.2 Å². The summed E-state index contributed by atoms with van der Waals surface area (Å²) in [6, 6.07) is 14.3. The number of anilines is 1. The van der Waals surface area contributed by atoms with Gasteiger partial charge in [0.2, 0.25) is 0 Å². The fraction of sp³-hybridized carbons (Fsp3) is 0.536. The highest BCUT2D eigenvalue weighted by Gasteiger charge is 2.44. The summed E-state index contributed by atoms with van der Waals surface area (Å²) in [5, 5.41) is 14.2. The number of rotatable bonds is 13. The predicted molar refractivity (Wildman–Crippen MR) is 147 cm³/mol. The van der Waals surface area contributed by atoms with Crippen LogP contribution in [0.15, 0.2) is 59.5 Å². The molecule has 0 saturated carbocycles. The van der Waals surface area contributed by atoms with Gasteiger partial charge >= 0.3 is 6.09 Å². The lowest BCUT2D eigenvalue weighted by Crippen LogP contribution is -2.51. The lowest BCUT2D eigenvalue weighted by Gasteiger charge is -2.31. The van der Waals surface area contributed by atoms with Gasteiger partial charge in [-0.05, 0) is 49.4 Å². The molecule has 40 heavy (non-hydrogen) atoms. The summed E-state index contributed by atoms with van der Waals surface area (Å²) >= 11 is 0. The first-order valence-electron chi connectivity index (χ1n) is 13.7. The Balaban J connectivity index is 1.54. The largest absolute Gasteiger partial charge is 0.443 e. The molecular formula is C28H39N3O8S. The molecule has 11 nitrogen and oxygen atoms in total. The maximum absolute atomic E-state index is 13.6. The molecule has 0 aromatic heterocycles. The van der Waals surface area contributed by atoms with Gasteiger partial charge < -0.3 is 30.4 Å². The third kappa shape index (κ3) is 7.50. The third-order valence-corrected chi connectivity index (χ3v) is 8.87. The van der Waals surface area contributed by atoms with Crippen molar-refractivity contribution in [2.24, 2.45) is 5.92 Å². The summed E-state index contributed by atoms with van der Waals surface area (Å²) in [5.41, 5.74) is 6.97. The summed E-state index contributed by atoms with van der Waals surface area (Å²) < 4.78 is 44.8. The topological polar surface area (TPSA) is 150 Å². The summed E-state index contributed by atoms with van der Waals surface area (Å²) in [4.78, 5) is 18.8. The van der Waals surface area contributed by atoms with Crippen molar-refractivity contribution in [1.82, 2.24) is 9.79 Å². The number of sulfonamides is 1. The number of aliphatic hydroxyl groups excluding tert-OH is 1. The molecule has 2 fully saturated rings. The number of carbonyl (C=O) groups excluding carboxylic acids is 1. The maximum Gasteiger partial charge on any atom is 0.407 e. The van der Waals surface area contributed by atoms with Crippen molar-refractivity contribution in [3.63, 3.8) is 0 Å². The standard InChI is InChI=1S/C28H39N3O8S/c1-3-21(4-2)39-31(40(34,35)22-12-8-11-20(29)16-22)17-25(32)24(15-19-9-6-5-7-10-19)30-28(33)38-26-18-37-27-23(26)13-14-36-27/h5-12,16,21,23-27,32H,3-4,13-15,17-18,29H2,1-2H3,(H,30,33)/t23?,24-,25+,26?,27?/m0/s1. The van der Waals surface area contributed by atoms with E-state index in [-0.39, 0.29) is 35.8 Å². The summed E-state index contributed by atoms with van der Waals surface area (Å²) in [6.45, 7) is 4.11. The molecule has 0 radical (unpaired) electrons. The van der Waals surface area contributed by atoms with Gasteiger partial charge in [0.1, 0.15) is 6.10 Å². The van der Waals surface area contributed by atoms with Gasteiger partial charge in [0.15, 0.2) is 6.29 Å². The quantitative estimate of drug-likeness (QED) is 0.241. The second-order valence-electron chi connectivity index (χ2n) is 10.1. The van der Waals surface area contributed by atoms with Gasteiger partial charge in [-0.2, -0.15) is 0 Å². The predicted octanol–water partition coefficient (Wildman–Crippen LogP) is 2.84. The zero-order valence-electron chi connectivity index (χ0n) is 22.8. The van der Waals surface area contributed by atoms with Crippen LogP contribution in [0.5, 0.6) is 0 Å². The number of amides is 1. The van der Waals surface area contributed by atoms with Crippen LogP contribution < -0.4 is 11.1 Å². The number of hydrogen-bond donors (Lipinski definition) is 3. The van der Waals surface area contributed by atoms with Crippen molar-refractivity contribution in [3.05, 3.63) is 60.2 Å². The third-order valence-electron chi connectivity index (χ3n) is 7.25. The number of nitrogens with two attached hydrogens (primary N) is 1. The van der Waals surface area contributed by atoms with Gasteiger partial charge in [0.05, 0.1) is 48.8 Å². The van der Waals surface area contributed by atoms with Gasteiger partial charge in [-0.3, -0.25) is 4.84 Å². The Morgan fingerprint density at radius 2 is 1.90 bits per heavy atom. The number of nitrogen functional groups attached to an aromatic ring is 1. The van der Waals surface area contributed by atoms with Crippen LogP contribution in [0.3, 0.4) is 0 Å². The lowest BCUT2D eigenvalue weighted by molar-refractivity contribution is -0.149. The van der Waals surface area contributed by atoms with E-state index in [9.17, 15) is 18.3 Å². The SMILES string of the molecule is CCC(CC)ON(C[C@@H](O)[C@H](Cc1ccccc1)NC(=O)OC1COC2OCCC12)S(=O)(=O)c1cccc(N)c1. The van der Waals surface area contributed by atoms with Gasteiger partial charge in [-0.1, -0.05) is 54.7 Å². The van der Waals surface area contributed by atoms with Gasteiger partial charge in [-0.25, -0.2) is 13.2 Å². The van der Waals surface area contributed by atoms with E-state index in [4.69, 9.17) is 24.8 Å². The molecule has 3 unspecified atom stereocenters. The molecule has 1 amide bonds. The van der Waals surface area contributed by atoms with Gasteiger partial charge in [-0.15, -0.1) is 0 Å².